The zero-order valence-corrected chi connectivity index (χ0v) is 24.2. The summed E-state index contributed by atoms with van der Waals surface area (Å²) in [7, 11) is -3.87. The Bertz CT molecular complexity index is 1270. The summed E-state index contributed by atoms with van der Waals surface area (Å²) < 4.78 is 38.0. The second-order valence-electron chi connectivity index (χ2n) is 9.27. The molecule has 0 fully saturated rings. The molecule has 0 unspecified atom stereocenters. The highest BCUT2D eigenvalue weighted by atomic mass is 35.5. The number of sulfonamides is 1. The van der Waals surface area contributed by atoms with Gasteiger partial charge in [-0.05, 0) is 49.1 Å². The minimum absolute atomic E-state index is 0.0103. The van der Waals surface area contributed by atoms with Gasteiger partial charge in [-0.15, -0.1) is 0 Å². The highest BCUT2D eigenvalue weighted by Crippen LogP contribution is 2.36. The van der Waals surface area contributed by atoms with E-state index in [1.54, 1.807) is 37.3 Å². The Morgan fingerprint density at radius 1 is 1.05 bits per heavy atom. The van der Waals surface area contributed by atoms with Crippen molar-refractivity contribution in [3.8, 4) is 11.5 Å². The summed E-state index contributed by atoms with van der Waals surface area (Å²) in [5.41, 5.74) is 0.832. The first-order chi connectivity index (χ1) is 18.0. The van der Waals surface area contributed by atoms with Crippen LogP contribution in [0, 0.1) is 5.92 Å². The fourth-order valence-electron chi connectivity index (χ4n) is 3.94. The molecule has 0 bridgehead atoms. The average molecular weight is 587 g/mol. The lowest BCUT2D eigenvalue weighted by atomic mass is 10.1. The third-order valence-electron chi connectivity index (χ3n) is 6.05. The molecule has 3 rings (SSSR count). The standard InChI is InChI=1S/C26H33Cl2N3O6S/c1-5-22(26(33)29-13-17(3)4)30(14-18-7-8-19(27)11-21(18)28)25(32)15-31(38(34,35)6-2)20-9-10-23-24(12-20)37-16-36-23/h7-12,17,22H,5-6,13-16H2,1-4H3,(H,29,33)/t22-/m0/s1. The number of benzene rings is 2. The number of hydrogen-bond acceptors (Lipinski definition) is 6. The lowest BCUT2D eigenvalue weighted by molar-refractivity contribution is -0.140. The van der Waals surface area contributed by atoms with Crippen LogP contribution in [0.4, 0.5) is 5.69 Å². The van der Waals surface area contributed by atoms with Gasteiger partial charge in [-0.25, -0.2) is 8.42 Å². The molecule has 2 aromatic rings. The molecule has 1 heterocycles. The van der Waals surface area contributed by atoms with Crippen molar-refractivity contribution in [1.29, 1.82) is 0 Å². The molecule has 1 aliphatic heterocycles. The topological polar surface area (TPSA) is 105 Å². The maximum absolute atomic E-state index is 13.9. The number of ether oxygens (including phenoxy) is 2. The number of hydrogen-bond donors (Lipinski definition) is 1. The van der Waals surface area contributed by atoms with Gasteiger partial charge < -0.3 is 19.7 Å². The molecular formula is C26H33Cl2N3O6S. The summed E-state index contributed by atoms with van der Waals surface area (Å²) in [5.74, 6) is -0.0344. The van der Waals surface area contributed by atoms with Crippen LogP contribution in [0.3, 0.4) is 0 Å². The van der Waals surface area contributed by atoms with Gasteiger partial charge in [-0.1, -0.05) is 50.0 Å². The van der Waals surface area contributed by atoms with Crippen molar-refractivity contribution in [2.45, 2.75) is 46.7 Å². The van der Waals surface area contributed by atoms with Crippen LogP contribution in [-0.4, -0.2) is 56.8 Å². The Balaban J connectivity index is 1.98. The van der Waals surface area contributed by atoms with E-state index >= 15 is 0 Å². The molecule has 0 saturated heterocycles. The number of nitrogens with zero attached hydrogens (tertiary/aromatic N) is 2. The van der Waals surface area contributed by atoms with Crippen LogP contribution in [0.5, 0.6) is 11.5 Å². The predicted octanol–water partition coefficient (Wildman–Crippen LogP) is 4.46. The second kappa shape index (κ2) is 12.9. The fraction of sp³-hybridized carbons (Fsp3) is 0.462. The molecule has 12 heteroatoms. The Morgan fingerprint density at radius 3 is 2.39 bits per heavy atom. The van der Waals surface area contributed by atoms with Gasteiger partial charge in [0.1, 0.15) is 12.6 Å². The molecule has 0 saturated carbocycles. The third kappa shape index (κ3) is 7.24. The first-order valence-electron chi connectivity index (χ1n) is 12.4. The van der Waals surface area contributed by atoms with Crippen molar-refractivity contribution in [1.82, 2.24) is 10.2 Å². The highest BCUT2D eigenvalue weighted by molar-refractivity contribution is 7.92. The summed E-state index contributed by atoms with van der Waals surface area (Å²) in [4.78, 5) is 28.4. The normalized spacial score (nSPS) is 13.3. The van der Waals surface area contributed by atoms with E-state index in [0.717, 1.165) is 4.31 Å². The van der Waals surface area contributed by atoms with E-state index in [1.165, 1.54) is 17.9 Å². The van der Waals surface area contributed by atoms with Crippen molar-refractivity contribution in [3.63, 3.8) is 0 Å². The van der Waals surface area contributed by atoms with Crippen molar-refractivity contribution in [2.24, 2.45) is 5.92 Å². The number of nitrogens with one attached hydrogen (secondary N) is 1. The molecule has 1 atom stereocenters. The minimum Gasteiger partial charge on any atom is -0.454 e. The van der Waals surface area contributed by atoms with Crippen molar-refractivity contribution in [3.05, 3.63) is 52.0 Å². The van der Waals surface area contributed by atoms with Crippen molar-refractivity contribution < 1.29 is 27.5 Å². The van der Waals surface area contributed by atoms with Gasteiger partial charge in [0.15, 0.2) is 11.5 Å². The molecule has 2 aromatic carbocycles. The SMILES string of the molecule is CC[C@@H](C(=O)NCC(C)C)N(Cc1ccc(Cl)cc1Cl)C(=O)CN(c1ccc2c(c1)OCO2)S(=O)(=O)CC. The van der Waals surface area contributed by atoms with Crippen LogP contribution in [0.25, 0.3) is 0 Å². The van der Waals surface area contributed by atoms with Crippen LogP contribution >= 0.6 is 23.2 Å². The van der Waals surface area contributed by atoms with Crippen molar-refractivity contribution in [2.75, 3.05) is 29.9 Å². The summed E-state index contributed by atoms with van der Waals surface area (Å²) >= 11 is 12.5. The van der Waals surface area contributed by atoms with Gasteiger partial charge in [0.25, 0.3) is 0 Å². The summed E-state index contributed by atoms with van der Waals surface area (Å²) in [6.45, 7) is 7.16. The molecule has 1 aliphatic rings. The number of rotatable bonds is 12. The van der Waals surface area contributed by atoms with Gasteiger partial charge in [0.05, 0.1) is 11.4 Å². The average Bonchev–Trinajstić information content (AvgIpc) is 3.34. The lowest BCUT2D eigenvalue weighted by Gasteiger charge is -2.33. The summed E-state index contributed by atoms with van der Waals surface area (Å²) in [6.07, 6.45) is 0.311. The van der Waals surface area contributed by atoms with Gasteiger partial charge >= 0.3 is 0 Å². The van der Waals surface area contributed by atoms with Crippen LogP contribution in [-0.2, 0) is 26.2 Å². The fourth-order valence-corrected chi connectivity index (χ4v) is 5.46. The smallest absolute Gasteiger partial charge is 0.244 e. The number of fused-ring (bicyclic) bond motifs is 1. The van der Waals surface area contributed by atoms with E-state index < -0.39 is 28.5 Å². The van der Waals surface area contributed by atoms with Gasteiger partial charge in [-0.3, -0.25) is 13.9 Å². The molecule has 1 N–H and O–H groups in total. The monoisotopic (exact) mass is 585 g/mol. The van der Waals surface area contributed by atoms with E-state index in [9.17, 15) is 18.0 Å². The van der Waals surface area contributed by atoms with E-state index in [4.69, 9.17) is 32.7 Å². The van der Waals surface area contributed by atoms with Gasteiger partial charge in [-0.2, -0.15) is 0 Å². The first-order valence-corrected chi connectivity index (χ1v) is 14.7. The molecular weight excluding hydrogens is 553 g/mol. The second-order valence-corrected chi connectivity index (χ2v) is 12.3. The largest absolute Gasteiger partial charge is 0.454 e. The van der Waals surface area contributed by atoms with Gasteiger partial charge in [0.2, 0.25) is 28.6 Å². The Labute approximate surface area is 234 Å². The molecule has 208 valence electrons. The quantitative estimate of drug-likeness (QED) is 0.394. The van der Waals surface area contributed by atoms with E-state index in [0.29, 0.717) is 40.1 Å². The highest BCUT2D eigenvalue weighted by Gasteiger charge is 2.33. The predicted molar refractivity (Wildman–Crippen MR) is 148 cm³/mol. The number of carbonyl (C=O) groups is 2. The molecule has 2 amide bonds. The van der Waals surface area contributed by atoms with E-state index in [1.807, 2.05) is 13.8 Å². The number of halogens is 2. The Morgan fingerprint density at radius 2 is 1.76 bits per heavy atom. The zero-order valence-electron chi connectivity index (χ0n) is 21.9. The van der Waals surface area contributed by atoms with Crippen LogP contribution < -0.4 is 19.1 Å². The van der Waals surface area contributed by atoms with E-state index in [-0.39, 0.29) is 36.6 Å². The Kier molecular flexibility index (Phi) is 10.1. The van der Waals surface area contributed by atoms with Crippen LogP contribution in [0.15, 0.2) is 36.4 Å². The zero-order chi connectivity index (χ0) is 28.0. The van der Waals surface area contributed by atoms with Crippen LogP contribution in [0.1, 0.15) is 39.7 Å². The van der Waals surface area contributed by atoms with Gasteiger partial charge in [0, 0.05) is 29.2 Å². The lowest BCUT2D eigenvalue weighted by Crippen LogP contribution is -2.52. The molecule has 0 aromatic heterocycles. The molecule has 0 spiro atoms. The third-order valence-corrected chi connectivity index (χ3v) is 8.38. The van der Waals surface area contributed by atoms with Crippen LogP contribution in [0.2, 0.25) is 10.0 Å². The first kappa shape index (κ1) is 29.9. The minimum atomic E-state index is -3.87. The Hall–Kier alpha value is -2.69. The maximum atomic E-state index is 13.9. The van der Waals surface area contributed by atoms with E-state index in [2.05, 4.69) is 5.32 Å². The van der Waals surface area contributed by atoms with Crippen molar-refractivity contribution >= 4 is 50.7 Å². The number of carbonyl (C=O) groups excluding carboxylic acids is 2. The molecule has 0 aliphatic carbocycles. The maximum Gasteiger partial charge on any atom is 0.244 e. The summed E-state index contributed by atoms with van der Waals surface area (Å²) in [5, 5.41) is 3.65. The molecule has 9 nitrogen and oxygen atoms in total. The number of amides is 2. The summed E-state index contributed by atoms with van der Waals surface area (Å²) in [6, 6.07) is 8.71. The molecule has 0 radical (unpaired) electrons. The number of anilines is 1. The molecule has 38 heavy (non-hydrogen) atoms.